The molecule has 0 aromatic heterocycles. The molecule has 3 nitrogen and oxygen atoms in total. The van der Waals surface area contributed by atoms with Gasteiger partial charge in [-0.3, -0.25) is 0 Å². The van der Waals surface area contributed by atoms with Crippen molar-refractivity contribution in [1.29, 1.82) is 0 Å². The number of ether oxygens (including phenoxy) is 1. The Kier molecular flexibility index (Phi) is 10.7. The van der Waals surface area contributed by atoms with E-state index in [0.717, 1.165) is 29.0 Å². The van der Waals surface area contributed by atoms with Crippen LogP contribution in [0.15, 0.2) is 35.8 Å². The number of aliphatic hydroxyl groups is 2. The van der Waals surface area contributed by atoms with Gasteiger partial charge in [0.15, 0.2) is 11.5 Å². The molecular formula is C18H14Br8O3. The predicted octanol–water partition coefficient (Wildman–Crippen LogP) is 9.43. The van der Waals surface area contributed by atoms with E-state index in [9.17, 15) is 10.2 Å². The van der Waals surface area contributed by atoms with Crippen molar-refractivity contribution < 1.29 is 14.9 Å². The van der Waals surface area contributed by atoms with Crippen molar-refractivity contribution in [2.45, 2.75) is 38.9 Å². The van der Waals surface area contributed by atoms with Gasteiger partial charge in [-0.25, -0.2) is 0 Å². The molecule has 0 saturated heterocycles. The lowest BCUT2D eigenvalue weighted by atomic mass is 10.1. The van der Waals surface area contributed by atoms with Crippen LogP contribution in [-0.4, -0.2) is 22.4 Å². The molecule has 2 rings (SSSR count). The Morgan fingerprint density at radius 2 is 0.793 bits per heavy atom. The highest BCUT2D eigenvalue weighted by Crippen LogP contribution is 2.53. The summed E-state index contributed by atoms with van der Waals surface area (Å²) in [5, 5.41) is 19.6. The van der Waals surface area contributed by atoms with E-state index in [-0.39, 0.29) is 0 Å². The third-order valence-electron chi connectivity index (χ3n) is 3.83. The number of rotatable bonds is 6. The van der Waals surface area contributed by atoms with Gasteiger partial charge in [-0.1, -0.05) is 0 Å². The summed E-state index contributed by atoms with van der Waals surface area (Å²) in [5.41, 5.74) is 1.83. The maximum Gasteiger partial charge on any atom is 0.158 e. The number of hydrogen-bond acceptors (Lipinski definition) is 3. The second kappa shape index (κ2) is 11.4. The smallest absolute Gasteiger partial charge is 0.158 e. The van der Waals surface area contributed by atoms with Crippen LogP contribution < -0.4 is 4.74 Å². The summed E-state index contributed by atoms with van der Waals surface area (Å²) >= 11 is 28.8. The van der Waals surface area contributed by atoms with Gasteiger partial charge in [0.05, 0.1) is 30.1 Å². The zero-order chi connectivity index (χ0) is 22.2. The minimum atomic E-state index is -0.496. The molecular weight excluding hydrogens is 903 g/mol. The highest BCUT2D eigenvalue weighted by atomic mass is 79.9. The molecule has 160 valence electrons. The minimum Gasteiger partial charge on any atom is -0.452 e. The molecule has 0 saturated carbocycles. The first-order chi connectivity index (χ1) is 13.4. The van der Waals surface area contributed by atoms with E-state index in [4.69, 9.17) is 4.74 Å². The molecule has 2 unspecified atom stereocenters. The summed E-state index contributed by atoms with van der Waals surface area (Å²) in [6.45, 7) is 3.48. The number of hydrogen-bond donors (Lipinski definition) is 2. The fraction of sp³-hybridized carbons (Fsp3) is 0.333. The van der Waals surface area contributed by atoms with Crippen LogP contribution in [0.25, 0.3) is 0 Å². The average molecular weight is 918 g/mol. The quantitative estimate of drug-likeness (QED) is 0.284. The van der Waals surface area contributed by atoms with Crippen LogP contribution in [0.1, 0.15) is 25.0 Å². The molecule has 2 aromatic carbocycles. The number of aliphatic hydroxyl groups excluding tert-OH is 2. The summed E-state index contributed by atoms with van der Waals surface area (Å²) in [6.07, 6.45) is -0.0522. The van der Waals surface area contributed by atoms with E-state index in [1.807, 2.05) is 0 Å². The van der Waals surface area contributed by atoms with Crippen LogP contribution in [0.4, 0.5) is 0 Å². The molecule has 11 heteroatoms. The van der Waals surface area contributed by atoms with E-state index in [0.29, 0.717) is 42.2 Å². The van der Waals surface area contributed by atoms with Gasteiger partial charge in [-0.2, -0.15) is 0 Å². The molecule has 0 aliphatic carbocycles. The zero-order valence-electron chi connectivity index (χ0n) is 14.9. The van der Waals surface area contributed by atoms with E-state index in [1.165, 1.54) is 0 Å². The molecule has 29 heavy (non-hydrogen) atoms. The summed E-state index contributed by atoms with van der Waals surface area (Å²) in [7, 11) is 0. The van der Waals surface area contributed by atoms with E-state index in [2.05, 4.69) is 127 Å². The first-order valence-electron chi connectivity index (χ1n) is 8.11. The van der Waals surface area contributed by atoms with Gasteiger partial charge in [-0.15, -0.1) is 0 Å². The lowest BCUT2D eigenvalue weighted by Gasteiger charge is -2.21. The van der Waals surface area contributed by atoms with Crippen LogP contribution >= 0.6 is 127 Å². The zero-order valence-corrected chi connectivity index (χ0v) is 27.6. The van der Waals surface area contributed by atoms with Crippen molar-refractivity contribution in [3.8, 4) is 11.5 Å². The first-order valence-corrected chi connectivity index (χ1v) is 14.5. The Labute approximate surface area is 236 Å². The van der Waals surface area contributed by atoms with Crippen molar-refractivity contribution in [1.82, 2.24) is 0 Å². The van der Waals surface area contributed by atoms with Crippen LogP contribution in [0, 0.1) is 0 Å². The Bertz CT molecular complexity index is 810. The van der Waals surface area contributed by atoms with Gasteiger partial charge in [0.1, 0.15) is 0 Å². The third kappa shape index (κ3) is 6.12. The fourth-order valence-corrected chi connectivity index (χ4v) is 7.84. The lowest BCUT2D eigenvalue weighted by molar-refractivity contribution is 0.194. The monoisotopic (exact) mass is 909 g/mol. The van der Waals surface area contributed by atoms with Gasteiger partial charge in [0.25, 0.3) is 0 Å². The maximum atomic E-state index is 9.82. The molecule has 2 aromatic rings. The fourth-order valence-electron chi connectivity index (χ4n) is 2.54. The van der Waals surface area contributed by atoms with Gasteiger partial charge < -0.3 is 14.9 Å². The third-order valence-corrected chi connectivity index (χ3v) is 12.5. The topological polar surface area (TPSA) is 49.7 Å². The largest absolute Gasteiger partial charge is 0.452 e. The molecule has 0 fully saturated rings. The van der Waals surface area contributed by atoms with Gasteiger partial charge >= 0.3 is 0 Å². The lowest BCUT2D eigenvalue weighted by Crippen LogP contribution is -2.08. The molecule has 0 radical (unpaired) electrons. The standard InChI is InChI=1S/C18H14Br8O3/c1-5(27)3-7-9(19)13(23)17(14(24)10(7)20)29-18-15(25)11(21)8(4-6(2)28)12(22)16(18)26/h5-6,27-28H,3-4H2,1-2H3. The van der Waals surface area contributed by atoms with E-state index >= 15 is 0 Å². The van der Waals surface area contributed by atoms with Crippen LogP contribution in [0.2, 0.25) is 0 Å². The summed E-state index contributed by atoms with van der Waals surface area (Å²) in [6, 6.07) is 0. The van der Waals surface area contributed by atoms with Crippen molar-refractivity contribution in [2.75, 3.05) is 0 Å². The molecule has 0 bridgehead atoms. The molecule has 2 atom stereocenters. The van der Waals surface area contributed by atoms with Crippen molar-refractivity contribution in [2.24, 2.45) is 0 Å². The Balaban J connectivity index is 2.64. The second-order valence-electron chi connectivity index (χ2n) is 6.34. The van der Waals surface area contributed by atoms with Crippen LogP contribution in [0.3, 0.4) is 0 Å². The van der Waals surface area contributed by atoms with Crippen LogP contribution in [-0.2, 0) is 12.8 Å². The molecule has 0 aliphatic rings. The summed E-state index contributed by atoms with van der Waals surface area (Å²) < 4.78 is 12.3. The van der Waals surface area contributed by atoms with Gasteiger partial charge in [-0.05, 0) is 152 Å². The van der Waals surface area contributed by atoms with Crippen LogP contribution in [0.5, 0.6) is 11.5 Å². The number of benzene rings is 2. The molecule has 0 amide bonds. The van der Waals surface area contributed by atoms with E-state index < -0.39 is 12.2 Å². The minimum absolute atomic E-state index is 0.469. The van der Waals surface area contributed by atoms with Gasteiger partial charge in [0, 0.05) is 30.7 Å². The van der Waals surface area contributed by atoms with Crippen molar-refractivity contribution >= 4 is 127 Å². The Hall–Kier alpha value is 2.00. The molecule has 2 N–H and O–H groups in total. The predicted molar refractivity (Wildman–Crippen MR) is 145 cm³/mol. The Morgan fingerprint density at radius 3 is 1.00 bits per heavy atom. The SMILES string of the molecule is CC(O)Cc1c(Br)c(Br)c(Oc2c(Br)c(Br)c(CC(C)O)c(Br)c2Br)c(Br)c1Br. The molecule has 0 aliphatic heterocycles. The Morgan fingerprint density at radius 1 is 0.552 bits per heavy atom. The van der Waals surface area contributed by atoms with Gasteiger partial charge in [0.2, 0.25) is 0 Å². The number of halogens is 8. The highest BCUT2D eigenvalue weighted by molar-refractivity contribution is 9.14. The van der Waals surface area contributed by atoms with Crippen molar-refractivity contribution in [3.05, 3.63) is 46.9 Å². The first kappa shape index (κ1) is 27.2. The highest BCUT2D eigenvalue weighted by Gasteiger charge is 2.26. The second-order valence-corrected chi connectivity index (χ2v) is 12.7. The molecule has 0 heterocycles. The summed E-state index contributed by atoms with van der Waals surface area (Å²) in [5.74, 6) is 1.11. The normalized spacial score (nSPS) is 13.5. The van der Waals surface area contributed by atoms with Crippen molar-refractivity contribution in [3.63, 3.8) is 0 Å². The average Bonchev–Trinajstić information content (AvgIpc) is 2.64. The molecule has 0 spiro atoms. The maximum absolute atomic E-state index is 9.82. The summed E-state index contributed by atoms with van der Waals surface area (Å²) in [4.78, 5) is 0. The van der Waals surface area contributed by atoms with E-state index in [1.54, 1.807) is 13.8 Å².